The molecule has 0 aromatic heterocycles. The first-order valence-corrected chi connectivity index (χ1v) is 52.4. The van der Waals surface area contributed by atoms with Gasteiger partial charge in [0.25, 0.3) is 0 Å². The Morgan fingerprint density at radius 3 is 0.557 bits per heavy atom. The molecule has 2 saturated heterocycles. The van der Waals surface area contributed by atoms with Crippen molar-refractivity contribution in [3.8, 4) is 0 Å². The van der Waals surface area contributed by atoms with E-state index in [1.807, 2.05) is 0 Å². The van der Waals surface area contributed by atoms with Gasteiger partial charge >= 0.3 is 0 Å². The smallest absolute Gasteiger partial charge is 0.218 e. The highest BCUT2D eigenvalue weighted by molar-refractivity contribution is 7.98. The Labute approximate surface area is 806 Å². The van der Waals surface area contributed by atoms with Crippen molar-refractivity contribution in [2.24, 2.45) is 23.7 Å². The molecule has 0 aromatic rings. The fourth-order valence-corrected chi connectivity index (χ4v) is 23.8. The maximum Gasteiger partial charge on any atom is 0.218 e. The molecule has 6 aliphatic rings. The molecule has 0 radical (unpaired) electrons. The molecule has 4 aliphatic carbocycles. The van der Waals surface area contributed by atoms with Crippen molar-refractivity contribution in [2.45, 2.75) is 269 Å². The minimum atomic E-state index is -5.35. The third-order valence-electron chi connectivity index (χ3n) is 22.6. The largest absolute Gasteiger partial charge is 0.726 e. The Balaban J connectivity index is 0.000000840. The van der Waals surface area contributed by atoms with Crippen LogP contribution in [0.1, 0.15) is 51.4 Å². The van der Waals surface area contributed by atoms with E-state index < -0.39 is 431 Å². The average Bonchev–Trinajstić information content (AvgIpc) is 1.67. The standard InChI is InChI=1S/4C12H22O11S.2C10H20O10S2/c4*13-3-6-5(1-7(15)10(6)18)2-8(16)12(23-24(20,21)22)11(19)9(17)4-14;2*11-1-5(13)10(20-22(17,18)19)7(15)4-21-3-6(14)9(16)8(21)2-12/h4*6-19H,1-4H2;2*5-16H,1-4H2/t6-,7+,8+,9+,10+,11+,12+;6-,7+,8+,9-,10+,11+,12+;6-,7+,8+,9-,10+,11+,12-;6-,7+,8-,9+,10+,11+,12+;5-,6+,7+,8+,9-,10+,21?;5-,6-,7-,8-,9+,10+,21?/m000001/s1. The lowest BCUT2D eigenvalue weighted by Gasteiger charge is -2.29. The Bertz CT molecular complexity index is 3720. The number of aliphatic hydroxyl groups is 40. The lowest BCUT2D eigenvalue weighted by atomic mass is 9.87. The molecule has 4 saturated carbocycles. The van der Waals surface area contributed by atoms with E-state index in [0.29, 0.717) is 0 Å². The molecule has 2 unspecified atom stereocenters. The highest BCUT2D eigenvalue weighted by Crippen LogP contribution is 2.43. The second-order valence-corrected chi connectivity index (χ2v) is 43.4. The summed E-state index contributed by atoms with van der Waals surface area (Å²) in [5, 5.41) is 378. The summed E-state index contributed by atoms with van der Waals surface area (Å²) >= 11 is 0. The van der Waals surface area contributed by atoms with Crippen LogP contribution in [0, 0.1) is 47.3 Å². The predicted molar refractivity (Wildman–Crippen MR) is 446 cm³/mol. The van der Waals surface area contributed by atoms with Crippen LogP contribution < -0.4 is 0 Å². The normalized spacial score (nSPS) is 31.2. The van der Waals surface area contributed by atoms with Crippen molar-refractivity contribution in [1.82, 2.24) is 0 Å². The van der Waals surface area contributed by atoms with E-state index in [1.54, 1.807) is 0 Å². The second-order valence-electron chi connectivity index (χ2n) is 32.6. The SMILES string of the molecule is O=S(=O)([O-])O[C@@H]([C@H](O)CO)[C@H](O)C[S+]1C[C@@H](O)[C@H](O)[C@H]1CO.O=S(=O)([O-])O[C@@H]([C@H](O)C[S+]1C[C@@H](O)[C@H](O)[C@H]1CO)[C@@H](O)CO.O=S(=O)([O-])O[C@@H]([C@H](O)[C@@H](O)CO)[C@H](O)C[C+]1C[C@@H](O)[C@H](O)[C@H]1CO.O=S(=O)([O-])O[C@@H]([C@H](O)[C@H](O)CO)[C@@H](O)C[C+]1C[C@@H](O)[C@H](O)[C@H]1CO.O=S(=O)([O-])O[C@@H]([C@H](O)[C@H](O)CO)[C@H](O)C[C+]1C[C@@H](O)[C@H](O)[C@H]1CO.O=S(=O)([O-])O[C@H]([C@H](O)[C@@H](O)CO)[C@H](O)C[C+]1C[C@@H](O)[C@H](O)[C@H]1CO. The van der Waals surface area contributed by atoms with Crippen molar-refractivity contribution < 1.29 is 307 Å². The third-order valence-corrected chi connectivity index (χ3v) is 31.0. The monoisotopic (exact) mass is 2220 g/mol. The maximum absolute atomic E-state index is 10.8. The van der Waals surface area contributed by atoms with E-state index in [2.05, 4.69) is 25.1 Å². The molecule has 0 spiro atoms. The van der Waals surface area contributed by atoms with E-state index in [-0.39, 0.29) is 72.4 Å². The number of hydrogen-bond donors (Lipinski definition) is 40. The molecule has 64 nitrogen and oxygen atoms in total. The molecule has 6 fully saturated rings. The van der Waals surface area contributed by atoms with Crippen LogP contribution in [-0.4, -0.2) is 602 Å². The van der Waals surface area contributed by atoms with Crippen molar-refractivity contribution in [2.75, 3.05) is 102 Å². The molecule has 0 bridgehead atoms. The lowest BCUT2D eigenvalue weighted by molar-refractivity contribution is -0.106. The molecule has 42 atom stereocenters. The van der Waals surface area contributed by atoms with Gasteiger partial charge in [0.2, 0.25) is 62.4 Å². The molecule has 0 amide bonds. The van der Waals surface area contributed by atoms with Crippen LogP contribution in [0.3, 0.4) is 0 Å². The Morgan fingerprint density at radius 2 is 0.407 bits per heavy atom. The molecule has 2 aliphatic heterocycles. The van der Waals surface area contributed by atoms with Crippen LogP contribution in [0.4, 0.5) is 0 Å². The Kier molecular flexibility index (Phi) is 60.1. The molecule has 140 heavy (non-hydrogen) atoms. The van der Waals surface area contributed by atoms with E-state index in [0.717, 1.165) is 0 Å². The molecule has 40 N–H and O–H groups in total. The Hall–Kier alpha value is -2.20. The predicted octanol–water partition coefficient (Wildman–Crippen LogP) is -27.1. The minimum absolute atomic E-state index is 0.0650. The first-order valence-electron chi connectivity index (χ1n) is 41.2. The van der Waals surface area contributed by atoms with Gasteiger partial charge in [0.1, 0.15) is 306 Å². The van der Waals surface area contributed by atoms with Crippen LogP contribution >= 0.6 is 0 Å². The van der Waals surface area contributed by atoms with Gasteiger partial charge in [0.15, 0.2) is 34.2 Å². The summed E-state index contributed by atoms with van der Waals surface area (Å²) in [4.78, 5) is 0. The summed E-state index contributed by atoms with van der Waals surface area (Å²) in [6.45, 7) is -8.94. The zero-order valence-corrected chi connectivity index (χ0v) is 79.5. The first kappa shape index (κ1) is 136. The van der Waals surface area contributed by atoms with Gasteiger partial charge in [-0.25, -0.2) is 50.5 Å². The summed E-state index contributed by atoms with van der Waals surface area (Å²) in [7, 11) is -33.6. The van der Waals surface area contributed by atoms with Gasteiger partial charge in [-0.1, -0.05) is 0 Å². The van der Waals surface area contributed by atoms with Crippen LogP contribution in [0.2, 0.25) is 0 Å². The highest BCUT2D eigenvalue weighted by atomic mass is 32.3. The molecule has 72 heteroatoms. The van der Waals surface area contributed by atoms with Gasteiger partial charge < -0.3 is 232 Å². The fourth-order valence-electron chi connectivity index (χ4n) is 15.3. The summed E-state index contributed by atoms with van der Waals surface area (Å²) < 4.78 is 217. The van der Waals surface area contributed by atoms with Crippen molar-refractivity contribution in [3.63, 3.8) is 0 Å². The zero-order valence-electron chi connectivity index (χ0n) is 73.0. The molecule has 832 valence electrons. The summed E-state index contributed by atoms with van der Waals surface area (Å²) in [5.74, 6) is -2.80. The zero-order chi connectivity index (χ0) is 109. The van der Waals surface area contributed by atoms with Crippen molar-refractivity contribution >= 4 is 84.2 Å². The molecule has 0 aromatic carbocycles. The third kappa shape index (κ3) is 44.4. The lowest BCUT2D eigenvalue weighted by Crippen LogP contribution is -2.49. The number of rotatable bonds is 52. The van der Waals surface area contributed by atoms with E-state index >= 15 is 0 Å². The molecule has 2 heterocycles. The minimum Gasteiger partial charge on any atom is -0.726 e. The van der Waals surface area contributed by atoms with Crippen LogP contribution in [-0.2, 0) is 109 Å². The summed E-state index contributed by atoms with van der Waals surface area (Å²) in [5.41, 5.74) is 0. The Morgan fingerprint density at radius 1 is 0.236 bits per heavy atom. The average molecular weight is 2230 g/mol. The highest BCUT2D eigenvalue weighted by Gasteiger charge is 2.59. The topological polar surface area (TPSA) is 1210 Å². The van der Waals surface area contributed by atoms with E-state index in [4.69, 9.17) is 30.6 Å². The molecule has 6 rings (SSSR count). The molecular formula is C68H128O64S8. The van der Waals surface area contributed by atoms with Gasteiger partial charge in [-0.3, -0.25) is 25.1 Å². The summed E-state index contributed by atoms with van der Waals surface area (Å²) in [6.07, 6.45) is -58.9. The van der Waals surface area contributed by atoms with Crippen molar-refractivity contribution in [1.29, 1.82) is 0 Å². The van der Waals surface area contributed by atoms with E-state index in [1.165, 1.54) is 0 Å². The second kappa shape index (κ2) is 62.0. The van der Waals surface area contributed by atoms with E-state index in [9.17, 15) is 251 Å². The van der Waals surface area contributed by atoms with Crippen LogP contribution in [0.5, 0.6) is 0 Å². The van der Waals surface area contributed by atoms with Crippen molar-refractivity contribution in [3.05, 3.63) is 23.7 Å². The van der Waals surface area contributed by atoms with Crippen LogP contribution in [0.25, 0.3) is 0 Å². The summed E-state index contributed by atoms with van der Waals surface area (Å²) in [6, 6.07) is 0. The van der Waals surface area contributed by atoms with Gasteiger partial charge in [-0.15, -0.1) is 0 Å². The quantitative estimate of drug-likeness (QED) is 0.0116. The maximum atomic E-state index is 10.8. The number of aliphatic hydroxyl groups excluding tert-OH is 40. The van der Waals surface area contributed by atoms with Gasteiger partial charge in [0.05, 0.1) is 79.3 Å². The van der Waals surface area contributed by atoms with Gasteiger partial charge in [-0.2, -0.15) is 0 Å². The van der Waals surface area contributed by atoms with Crippen LogP contribution in [0.15, 0.2) is 0 Å². The fraction of sp³-hybridized carbons (Fsp3) is 0.941. The number of hydrogen-bond acceptors (Lipinski definition) is 64. The first-order chi connectivity index (χ1) is 64.3. The van der Waals surface area contributed by atoms with Gasteiger partial charge in [0, 0.05) is 21.8 Å². The molecular weight excluding hydrogens is 2100 g/mol. The van der Waals surface area contributed by atoms with Gasteiger partial charge in [-0.05, 0) is 0 Å².